The number of anilines is 1. The van der Waals surface area contributed by atoms with E-state index in [9.17, 15) is 8.42 Å². The number of hydrogen-bond acceptors (Lipinski definition) is 5. The summed E-state index contributed by atoms with van der Waals surface area (Å²) in [5.74, 6) is 0.539. The molecule has 1 aromatic carbocycles. The van der Waals surface area contributed by atoms with Crippen molar-refractivity contribution in [1.82, 2.24) is 14.7 Å². The summed E-state index contributed by atoms with van der Waals surface area (Å²) in [7, 11) is 0.128. The van der Waals surface area contributed by atoms with E-state index in [-0.39, 0.29) is 6.54 Å². The summed E-state index contributed by atoms with van der Waals surface area (Å²) in [6.07, 6.45) is 3.17. The molecule has 0 atom stereocenters. The average Bonchev–Trinajstić information content (AvgIpc) is 2.53. The molecule has 0 bridgehead atoms. The Labute approximate surface area is 136 Å². The molecule has 0 unspecified atom stereocenters. The zero-order chi connectivity index (χ0) is 16.9. The molecule has 0 spiro atoms. The number of aromatic nitrogens is 2. The van der Waals surface area contributed by atoms with Gasteiger partial charge < -0.3 is 4.90 Å². The summed E-state index contributed by atoms with van der Waals surface area (Å²) < 4.78 is 26.5. The SMILES string of the molecule is Cc1ccc(/C=C/S(=O)(=O)NCc2ccnc(N(C)C)n2)cc1. The van der Waals surface area contributed by atoms with E-state index in [4.69, 9.17) is 0 Å². The number of sulfonamides is 1. The number of hydrogen-bond donors (Lipinski definition) is 1. The Kier molecular flexibility index (Phi) is 5.46. The summed E-state index contributed by atoms with van der Waals surface area (Å²) in [6, 6.07) is 9.29. The summed E-state index contributed by atoms with van der Waals surface area (Å²) in [5.41, 5.74) is 2.57. The van der Waals surface area contributed by atoms with Crippen molar-refractivity contribution < 1.29 is 8.42 Å². The summed E-state index contributed by atoms with van der Waals surface area (Å²) >= 11 is 0. The lowest BCUT2D eigenvalue weighted by Gasteiger charge is -2.10. The Hall–Kier alpha value is -2.25. The molecule has 0 amide bonds. The van der Waals surface area contributed by atoms with Crippen molar-refractivity contribution in [3.05, 3.63) is 58.8 Å². The van der Waals surface area contributed by atoms with Gasteiger partial charge in [-0.1, -0.05) is 29.8 Å². The van der Waals surface area contributed by atoms with Crippen LogP contribution in [-0.2, 0) is 16.6 Å². The molecule has 122 valence electrons. The van der Waals surface area contributed by atoms with Crippen molar-refractivity contribution in [2.45, 2.75) is 13.5 Å². The molecule has 0 aliphatic rings. The van der Waals surface area contributed by atoms with Crippen LogP contribution in [0.15, 0.2) is 41.9 Å². The first-order chi connectivity index (χ1) is 10.9. The van der Waals surface area contributed by atoms with Crippen LogP contribution in [0.3, 0.4) is 0 Å². The third-order valence-electron chi connectivity index (χ3n) is 3.07. The van der Waals surface area contributed by atoms with Crippen molar-refractivity contribution in [1.29, 1.82) is 0 Å². The van der Waals surface area contributed by atoms with Gasteiger partial charge in [-0.15, -0.1) is 0 Å². The van der Waals surface area contributed by atoms with Gasteiger partial charge in [0.05, 0.1) is 12.2 Å². The molecule has 6 nitrogen and oxygen atoms in total. The standard InChI is InChI=1S/C16H20N4O2S/c1-13-4-6-14(7-5-13)9-11-23(21,22)18-12-15-8-10-17-16(19-15)20(2)3/h4-11,18H,12H2,1-3H3/b11-9+. The molecule has 1 N–H and O–H groups in total. The van der Waals surface area contributed by atoms with E-state index in [0.717, 1.165) is 16.5 Å². The van der Waals surface area contributed by atoms with E-state index in [1.54, 1.807) is 23.2 Å². The normalized spacial score (nSPS) is 11.8. The van der Waals surface area contributed by atoms with Gasteiger partial charge in [-0.2, -0.15) is 0 Å². The highest BCUT2D eigenvalue weighted by molar-refractivity contribution is 7.92. The molecule has 2 rings (SSSR count). The first-order valence-electron chi connectivity index (χ1n) is 7.09. The molecule has 23 heavy (non-hydrogen) atoms. The lowest BCUT2D eigenvalue weighted by molar-refractivity contribution is 0.590. The Morgan fingerprint density at radius 1 is 1.17 bits per heavy atom. The maximum absolute atomic E-state index is 12.0. The minimum atomic E-state index is -3.53. The lowest BCUT2D eigenvalue weighted by Crippen LogP contribution is -2.22. The van der Waals surface area contributed by atoms with Crippen molar-refractivity contribution in [2.75, 3.05) is 19.0 Å². The van der Waals surface area contributed by atoms with Crippen LogP contribution in [0.2, 0.25) is 0 Å². The second kappa shape index (κ2) is 7.34. The Morgan fingerprint density at radius 3 is 2.52 bits per heavy atom. The van der Waals surface area contributed by atoms with Crippen LogP contribution in [0.5, 0.6) is 0 Å². The molecule has 0 fully saturated rings. The smallest absolute Gasteiger partial charge is 0.234 e. The molecule has 0 saturated carbocycles. The molecule has 7 heteroatoms. The van der Waals surface area contributed by atoms with E-state index >= 15 is 0 Å². The fraction of sp³-hybridized carbons (Fsp3) is 0.250. The number of benzene rings is 1. The van der Waals surface area contributed by atoms with E-state index < -0.39 is 10.0 Å². The second-order valence-corrected chi connectivity index (χ2v) is 6.97. The van der Waals surface area contributed by atoms with Gasteiger partial charge in [0.2, 0.25) is 16.0 Å². The highest BCUT2D eigenvalue weighted by atomic mass is 32.2. The van der Waals surface area contributed by atoms with Crippen molar-refractivity contribution in [3.8, 4) is 0 Å². The van der Waals surface area contributed by atoms with Crippen LogP contribution in [-0.4, -0.2) is 32.5 Å². The molecule has 0 radical (unpaired) electrons. The highest BCUT2D eigenvalue weighted by Gasteiger charge is 2.07. The first-order valence-corrected chi connectivity index (χ1v) is 8.64. The third kappa shape index (κ3) is 5.46. The van der Waals surface area contributed by atoms with Crippen molar-refractivity contribution in [3.63, 3.8) is 0 Å². The van der Waals surface area contributed by atoms with Gasteiger partial charge >= 0.3 is 0 Å². The number of nitrogens with zero attached hydrogens (tertiary/aromatic N) is 3. The zero-order valence-electron chi connectivity index (χ0n) is 13.4. The molecule has 1 heterocycles. The van der Waals surface area contributed by atoms with Crippen LogP contribution in [0.1, 0.15) is 16.8 Å². The predicted molar refractivity (Wildman–Crippen MR) is 92.3 cm³/mol. The van der Waals surface area contributed by atoms with Crippen LogP contribution < -0.4 is 9.62 Å². The van der Waals surface area contributed by atoms with Gasteiger partial charge in [-0.25, -0.2) is 23.1 Å². The maximum Gasteiger partial charge on any atom is 0.234 e. The zero-order valence-corrected chi connectivity index (χ0v) is 14.2. The molecule has 2 aromatic rings. The summed E-state index contributed by atoms with van der Waals surface area (Å²) in [4.78, 5) is 10.1. The maximum atomic E-state index is 12.0. The topological polar surface area (TPSA) is 75.2 Å². The summed E-state index contributed by atoms with van der Waals surface area (Å²) in [5, 5.41) is 1.16. The van der Waals surface area contributed by atoms with Crippen LogP contribution in [0, 0.1) is 6.92 Å². The van der Waals surface area contributed by atoms with Crippen LogP contribution in [0.25, 0.3) is 6.08 Å². The number of rotatable bonds is 6. The molecule has 0 aliphatic carbocycles. The Balaban J connectivity index is 2.01. The van der Waals surface area contributed by atoms with Gasteiger partial charge in [0.15, 0.2) is 0 Å². The fourth-order valence-electron chi connectivity index (χ4n) is 1.77. The van der Waals surface area contributed by atoms with E-state index in [2.05, 4.69) is 14.7 Å². The third-order valence-corrected chi connectivity index (χ3v) is 4.11. The van der Waals surface area contributed by atoms with Gasteiger partial charge in [-0.05, 0) is 24.6 Å². The molecular weight excluding hydrogens is 312 g/mol. The predicted octanol–water partition coefficient (Wildman–Crippen LogP) is 1.94. The van der Waals surface area contributed by atoms with Gasteiger partial charge in [-0.3, -0.25) is 0 Å². The minimum Gasteiger partial charge on any atom is -0.347 e. The van der Waals surface area contributed by atoms with Crippen molar-refractivity contribution >= 4 is 22.0 Å². The molecule has 1 aromatic heterocycles. The largest absolute Gasteiger partial charge is 0.347 e. The van der Waals surface area contributed by atoms with E-state index in [0.29, 0.717) is 11.6 Å². The monoisotopic (exact) mass is 332 g/mol. The number of aryl methyl sites for hydroxylation is 1. The Morgan fingerprint density at radius 2 is 1.87 bits per heavy atom. The van der Waals surface area contributed by atoms with Crippen LogP contribution >= 0.6 is 0 Å². The van der Waals surface area contributed by atoms with Crippen LogP contribution in [0.4, 0.5) is 5.95 Å². The average molecular weight is 332 g/mol. The second-order valence-electron chi connectivity index (χ2n) is 5.32. The first kappa shape index (κ1) is 17.1. The minimum absolute atomic E-state index is 0.115. The molecule has 0 saturated heterocycles. The van der Waals surface area contributed by atoms with Gasteiger partial charge in [0.1, 0.15) is 0 Å². The van der Waals surface area contributed by atoms with Crippen molar-refractivity contribution in [2.24, 2.45) is 0 Å². The summed E-state index contributed by atoms with van der Waals surface area (Å²) in [6.45, 7) is 2.10. The highest BCUT2D eigenvalue weighted by Crippen LogP contribution is 2.07. The molecule has 0 aliphatic heterocycles. The van der Waals surface area contributed by atoms with Gasteiger partial charge in [0.25, 0.3) is 0 Å². The van der Waals surface area contributed by atoms with E-state index in [1.165, 1.54) is 0 Å². The quantitative estimate of drug-likeness (QED) is 0.875. The lowest BCUT2D eigenvalue weighted by atomic mass is 10.2. The molecular formula is C16H20N4O2S. The van der Waals surface area contributed by atoms with Gasteiger partial charge in [0, 0.05) is 25.7 Å². The Bertz CT molecular complexity index is 784. The number of nitrogens with one attached hydrogen (secondary N) is 1. The van der Waals surface area contributed by atoms with E-state index in [1.807, 2.05) is 45.3 Å². The fourth-order valence-corrected chi connectivity index (χ4v) is 2.55.